The van der Waals surface area contributed by atoms with Gasteiger partial charge in [0.05, 0.1) is 0 Å². The average Bonchev–Trinajstić information content (AvgIpc) is 2.81. The van der Waals surface area contributed by atoms with E-state index in [-0.39, 0.29) is 17.4 Å². The maximum Gasteiger partial charge on any atom is 0.177 e. The molecule has 0 unspecified atom stereocenters. The molecule has 6 nitrogen and oxygen atoms in total. The van der Waals surface area contributed by atoms with E-state index >= 15 is 0 Å². The molecule has 0 amide bonds. The minimum atomic E-state index is -0.229. The minimum absolute atomic E-state index is 0.0822. The molecule has 2 N–H and O–H groups in total. The van der Waals surface area contributed by atoms with Crippen LogP contribution in [-0.2, 0) is 0 Å². The predicted molar refractivity (Wildman–Crippen MR) is 63.4 cm³/mol. The molecule has 0 saturated heterocycles. The Morgan fingerprint density at radius 2 is 2.11 bits per heavy atom. The van der Waals surface area contributed by atoms with Gasteiger partial charge in [-0.25, -0.2) is 9.97 Å². The number of pyridine rings is 1. The van der Waals surface area contributed by atoms with Crippen molar-refractivity contribution in [3.05, 3.63) is 41.6 Å². The van der Waals surface area contributed by atoms with Crippen LogP contribution in [0.4, 0.5) is 0 Å². The monoisotopic (exact) mass is 238 g/mol. The summed E-state index contributed by atoms with van der Waals surface area (Å²) in [5.41, 5.74) is 6.90. The van der Waals surface area contributed by atoms with Gasteiger partial charge in [0.2, 0.25) is 0 Å². The number of hydrogen-bond acceptors (Lipinski definition) is 5. The molecule has 18 heavy (non-hydrogen) atoms. The molecule has 0 aliphatic heterocycles. The molecular formula is C12H10N6. The van der Waals surface area contributed by atoms with Gasteiger partial charge in [-0.15, -0.1) is 0 Å². The fourth-order valence-electron chi connectivity index (χ4n) is 1.66. The van der Waals surface area contributed by atoms with E-state index in [0.717, 1.165) is 5.56 Å². The highest BCUT2D eigenvalue weighted by Crippen LogP contribution is 2.20. The van der Waals surface area contributed by atoms with Crippen LogP contribution in [-0.4, -0.2) is 14.5 Å². The number of imidazole rings is 1. The average molecular weight is 238 g/mol. The summed E-state index contributed by atoms with van der Waals surface area (Å²) in [7, 11) is 0. The van der Waals surface area contributed by atoms with Gasteiger partial charge in [0.15, 0.2) is 11.4 Å². The molecule has 0 aliphatic rings. The zero-order chi connectivity index (χ0) is 13.1. The first-order chi connectivity index (χ1) is 8.69. The van der Waals surface area contributed by atoms with Gasteiger partial charge in [-0.2, -0.15) is 10.5 Å². The number of nitrogens with two attached hydrogens (primary N) is 1. The molecule has 2 rings (SSSR count). The van der Waals surface area contributed by atoms with Gasteiger partial charge in [0.25, 0.3) is 0 Å². The first-order valence-corrected chi connectivity index (χ1v) is 5.27. The second kappa shape index (κ2) is 4.66. The summed E-state index contributed by atoms with van der Waals surface area (Å²) >= 11 is 0. The highest BCUT2D eigenvalue weighted by atomic mass is 15.1. The zero-order valence-corrected chi connectivity index (χ0v) is 9.70. The van der Waals surface area contributed by atoms with Crippen molar-refractivity contribution >= 4 is 0 Å². The summed E-state index contributed by atoms with van der Waals surface area (Å²) in [5.74, 6) is 0.526. The van der Waals surface area contributed by atoms with Crippen LogP contribution >= 0.6 is 0 Å². The van der Waals surface area contributed by atoms with E-state index in [4.69, 9.17) is 16.3 Å². The Morgan fingerprint density at radius 1 is 1.33 bits per heavy atom. The van der Waals surface area contributed by atoms with Crippen molar-refractivity contribution in [1.29, 1.82) is 10.5 Å². The number of nitriles is 2. The molecule has 2 aromatic rings. The first-order valence-electron chi connectivity index (χ1n) is 5.27. The molecule has 0 aromatic carbocycles. The van der Waals surface area contributed by atoms with Gasteiger partial charge in [0, 0.05) is 17.8 Å². The Labute approximate surface area is 104 Å². The van der Waals surface area contributed by atoms with Crippen molar-refractivity contribution in [2.75, 3.05) is 0 Å². The summed E-state index contributed by atoms with van der Waals surface area (Å²) in [5, 5.41) is 18.0. The lowest BCUT2D eigenvalue weighted by atomic mass is 10.1. The summed E-state index contributed by atoms with van der Waals surface area (Å²) in [6.07, 6.45) is 3.01. The quantitative estimate of drug-likeness (QED) is 0.841. The fourth-order valence-corrected chi connectivity index (χ4v) is 1.66. The van der Waals surface area contributed by atoms with E-state index in [1.165, 1.54) is 10.9 Å². The van der Waals surface area contributed by atoms with Crippen LogP contribution in [0.5, 0.6) is 0 Å². The molecule has 0 bridgehead atoms. The van der Waals surface area contributed by atoms with E-state index in [2.05, 4.69) is 9.97 Å². The molecule has 2 aromatic heterocycles. The molecule has 1 atom stereocenters. The molecule has 88 valence electrons. The van der Waals surface area contributed by atoms with Gasteiger partial charge < -0.3 is 5.73 Å². The van der Waals surface area contributed by atoms with Crippen molar-refractivity contribution in [2.24, 2.45) is 5.73 Å². The molecular weight excluding hydrogens is 228 g/mol. The Bertz CT molecular complexity index is 656. The molecule has 0 spiro atoms. The summed E-state index contributed by atoms with van der Waals surface area (Å²) in [6, 6.07) is 7.21. The summed E-state index contributed by atoms with van der Waals surface area (Å²) in [4.78, 5) is 8.09. The molecule has 6 heteroatoms. The number of hydrogen-bond donors (Lipinski definition) is 1. The lowest BCUT2D eigenvalue weighted by Gasteiger charge is -2.12. The van der Waals surface area contributed by atoms with Crippen LogP contribution in [0, 0.1) is 22.7 Å². The van der Waals surface area contributed by atoms with Crippen molar-refractivity contribution in [1.82, 2.24) is 14.5 Å². The van der Waals surface area contributed by atoms with E-state index < -0.39 is 0 Å². The maximum atomic E-state index is 9.09. The second-order valence-corrected chi connectivity index (χ2v) is 3.74. The van der Waals surface area contributed by atoms with Crippen LogP contribution in [0.15, 0.2) is 24.7 Å². The zero-order valence-electron chi connectivity index (χ0n) is 9.70. The minimum Gasteiger partial charge on any atom is -0.324 e. The van der Waals surface area contributed by atoms with Crippen LogP contribution in [0.3, 0.4) is 0 Å². The topological polar surface area (TPSA) is 104 Å². The van der Waals surface area contributed by atoms with Crippen molar-refractivity contribution < 1.29 is 0 Å². The van der Waals surface area contributed by atoms with Gasteiger partial charge in [-0.1, -0.05) is 6.07 Å². The van der Waals surface area contributed by atoms with E-state index in [1.807, 2.05) is 25.1 Å². The van der Waals surface area contributed by atoms with E-state index in [0.29, 0.717) is 5.82 Å². The largest absolute Gasteiger partial charge is 0.324 e. The first kappa shape index (κ1) is 11.8. The lowest BCUT2D eigenvalue weighted by molar-refractivity contribution is 0.789. The van der Waals surface area contributed by atoms with Gasteiger partial charge in [-0.05, 0) is 13.0 Å². The Morgan fingerprint density at radius 3 is 2.72 bits per heavy atom. The molecule has 0 aliphatic carbocycles. The SMILES string of the molecule is C[C@@H](N)c1cccnc1-n1cnc(C#N)c1C#N. The normalized spacial score (nSPS) is 11.6. The lowest BCUT2D eigenvalue weighted by Crippen LogP contribution is -2.11. The predicted octanol–water partition coefficient (Wildman–Crippen LogP) is 1.03. The van der Waals surface area contributed by atoms with Gasteiger partial charge in [-0.3, -0.25) is 4.57 Å². The van der Waals surface area contributed by atoms with Crippen molar-refractivity contribution in [3.63, 3.8) is 0 Å². The van der Waals surface area contributed by atoms with Crippen LogP contribution < -0.4 is 5.73 Å². The third-order valence-corrected chi connectivity index (χ3v) is 2.51. The molecule has 2 heterocycles. The summed E-state index contributed by atoms with van der Waals surface area (Å²) < 4.78 is 1.48. The van der Waals surface area contributed by atoms with Gasteiger partial charge in [0.1, 0.15) is 24.3 Å². The number of aromatic nitrogens is 3. The van der Waals surface area contributed by atoms with Crippen LogP contribution in [0.2, 0.25) is 0 Å². The van der Waals surface area contributed by atoms with E-state index in [1.54, 1.807) is 12.3 Å². The summed E-state index contributed by atoms with van der Waals surface area (Å²) in [6.45, 7) is 1.83. The second-order valence-electron chi connectivity index (χ2n) is 3.74. The van der Waals surface area contributed by atoms with Gasteiger partial charge >= 0.3 is 0 Å². The fraction of sp³-hybridized carbons (Fsp3) is 0.167. The van der Waals surface area contributed by atoms with Crippen LogP contribution in [0.1, 0.15) is 29.9 Å². The standard InChI is InChI=1S/C12H10N6/c1-8(15)9-3-2-4-16-12(9)18-7-17-10(5-13)11(18)6-14/h2-4,7-8H,15H2,1H3/t8-/m1/s1. The molecule has 0 radical (unpaired) electrons. The van der Waals surface area contributed by atoms with Crippen molar-refractivity contribution in [3.8, 4) is 18.0 Å². The Hall–Kier alpha value is -2.70. The molecule has 0 saturated carbocycles. The number of nitrogens with zero attached hydrogens (tertiary/aromatic N) is 5. The number of rotatable bonds is 2. The Kier molecular flexibility index (Phi) is 3.05. The highest BCUT2D eigenvalue weighted by molar-refractivity contribution is 5.45. The third kappa shape index (κ3) is 1.81. The van der Waals surface area contributed by atoms with Crippen LogP contribution in [0.25, 0.3) is 5.82 Å². The highest BCUT2D eigenvalue weighted by Gasteiger charge is 2.16. The maximum absolute atomic E-state index is 9.09. The third-order valence-electron chi connectivity index (χ3n) is 2.51. The molecule has 0 fully saturated rings. The van der Waals surface area contributed by atoms with Crippen molar-refractivity contribution in [2.45, 2.75) is 13.0 Å². The smallest absolute Gasteiger partial charge is 0.177 e. The Balaban J connectivity index is 2.68. The van der Waals surface area contributed by atoms with E-state index in [9.17, 15) is 0 Å².